The molecule has 12 aromatic rings. The minimum Gasteiger partial charge on any atom is -0.0616 e. The zero-order valence-electron chi connectivity index (χ0n) is 27.2. The van der Waals surface area contributed by atoms with Gasteiger partial charge < -0.3 is 0 Å². The van der Waals surface area contributed by atoms with Crippen LogP contribution in [0.3, 0.4) is 0 Å². The SMILES string of the molecule is c1ccc2c(c1)cc1cc(-c3ccc4ccc(-c5cc6cc7ccccc7c7ccc8cccc5c8c67)cc4c3)c3cccc4ccc2c1c43. The van der Waals surface area contributed by atoms with Crippen LogP contribution in [0.25, 0.3) is 119 Å². The highest BCUT2D eigenvalue weighted by Gasteiger charge is 2.17. The van der Waals surface area contributed by atoms with E-state index in [4.69, 9.17) is 0 Å². The first-order chi connectivity index (χ1) is 24.8. The van der Waals surface area contributed by atoms with Crippen LogP contribution < -0.4 is 0 Å². The molecule has 0 saturated heterocycles. The predicted molar refractivity (Wildman–Crippen MR) is 217 cm³/mol. The van der Waals surface area contributed by atoms with Crippen molar-refractivity contribution in [2.45, 2.75) is 0 Å². The summed E-state index contributed by atoms with van der Waals surface area (Å²) in [6, 6.07) is 64.0. The van der Waals surface area contributed by atoms with Crippen molar-refractivity contribution in [3.63, 3.8) is 0 Å². The third-order valence-corrected chi connectivity index (χ3v) is 11.4. The van der Waals surface area contributed by atoms with Gasteiger partial charge in [0.1, 0.15) is 0 Å². The molecule has 0 atom stereocenters. The minimum atomic E-state index is 1.25. The molecule has 0 aliphatic carbocycles. The van der Waals surface area contributed by atoms with Crippen molar-refractivity contribution >= 4 is 97.0 Å². The van der Waals surface area contributed by atoms with E-state index in [1.54, 1.807) is 0 Å². The Morgan fingerprint density at radius 2 is 0.620 bits per heavy atom. The number of fused-ring (bicyclic) bond motifs is 5. The zero-order chi connectivity index (χ0) is 32.5. The normalized spacial score (nSPS) is 12.4. The Labute approximate surface area is 288 Å². The first kappa shape index (κ1) is 26.5. The molecule has 0 aromatic heterocycles. The van der Waals surface area contributed by atoms with Crippen molar-refractivity contribution in [3.05, 3.63) is 170 Å². The maximum absolute atomic E-state index is 2.42. The Morgan fingerprint density at radius 1 is 0.200 bits per heavy atom. The summed E-state index contributed by atoms with van der Waals surface area (Å²) in [7, 11) is 0. The lowest BCUT2D eigenvalue weighted by Crippen LogP contribution is -1.90. The van der Waals surface area contributed by atoms with Crippen LogP contribution in [0.4, 0.5) is 0 Å². The van der Waals surface area contributed by atoms with Gasteiger partial charge in [-0.15, -0.1) is 0 Å². The highest BCUT2D eigenvalue weighted by atomic mass is 14.2. The Hall–Kier alpha value is -6.50. The number of benzene rings is 12. The van der Waals surface area contributed by atoms with Crippen molar-refractivity contribution in [2.75, 3.05) is 0 Å². The summed E-state index contributed by atoms with van der Waals surface area (Å²) >= 11 is 0. The van der Waals surface area contributed by atoms with E-state index in [1.807, 2.05) is 0 Å². The van der Waals surface area contributed by atoms with Gasteiger partial charge >= 0.3 is 0 Å². The van der Waals surface area contributed by atoms with Crippen LogP contribution in [-0.4, -0.2) is 0 Å². The molecule has 0 bridgehead atoms. The van der Waals surface area contributed by atoms with Gasteiger partial charge in [0, 0.05) is 0 Å². The van der Waals surface area contributed by atoms with Crippen LogP contribution >= 0.6 is 0 Å². The summed E-state index contributed by atoms with van der Waals surface area (Å²) in [4.78, 5) is 0. The van der Waals surface area contributed by atoms with Gasteiger partial charge in [-0.3, -0.25) is 0 Å². The van der Waals surface area contributed by atoms with Crippen LogP contribution in [-0.2, 0) is 0 Å². The molecule has 12 aromatic carbocycles. The second-order valence-corrected chi connectivity index (χ2v) is 14.1. The van der Waals surface area contributed by atoms with Gasteiger partial charge in [-0.2, -0.15) is 0 Å². The summed E-state index contributed by atoms with van der Waals surface area (Å²) < 4.78 is 0. The van der Waals surface area contributed by atoms with E-state index in [0.717, 1.165) is 0 Å². The van der Waals surface area contributed by atoms with Crippen LogP contribution in [0.2, 0.25) is 0 Å². The average molecular weight is 629 g/mol. The first-order valence-corrected chi connectivity index (χ1v) is 17.5. The number of rotatable bonds is 2. The largest absolute Gasteiger partial charge is 0.0616 e. The molecular formula is C50H28. The summed E-state index contributed by atoms with van der Waals surface area (Å²) in [6.45, 7) is 0. The van der Waals surface area contributed by atoms with E-state index in [1.165, 1.54) is 119 Å². The quantitative estimate of drug-likeness (QED) is 0.132. The second kappa shape index (κ2) is 9.56. The molecule has 0 saturated carbocycles. The van der Waals surface area contributed by atoms with Crippen molar-refractivity contribution in [1.29, 1.82) is 0 Å². The zero-order valence-corrected chi connectivity index (χ0v) is 27.2. The summed E-state index contributed by atoms with van der Waals surface area (Å²) in [6.07, 6.45) is 0. The maximum atomic E-state index is 2.42. The topological polar surface area (TPSA) is 0 Å². The van der Waals surface area contributed by atoms with E-state index in [0.29, 0.717) is 0 Å². The van der Waals surface area contributed by atoms with Gasteiger partial charge in [-0.05, 0) is 156 Å². The second-order valence-electron chi connectivity index (χ2n) is 14.1. The molecular weight excluding hydrogens is 601 g/mol. The molecule has 50 heavy (non-hydrogen) atoms. The summed E-state index contributed by atoms with van der Waals surface area (Å²) in [5, 5.41) is 23.6. The molecule has 228 valence electrons. The smallest absolute Gasteiger partial charge is 0.00199 e. The van der Waals surface area contributed by atoms with E-state index in [9.17, 15) is 0 Å². The van der Waals surface area contributed by atoms with Crippen molar-refractivity contribution in [2.24, 2.45) is 0 Å². The lowest BCUT2D eigenvalue weighted by Gasteiger charge is -2.18. The third-order valence-electron chi connectivity index (χ3n) is 11.4. The summed E-state index contributed by atoms with van der Waals surface area (Å²) in [5.41, 5.74) is 5.07. The molecule has 0 unspecified atom stereocenters. The lowest BCUT2D eigenvalue weighted by molar-refractivity contribution is 1.68. The molecule has 0 fully saturated rings. The van der Waals surface area contributed by atoms with E-state index in [-0.39, 0.29) is 0 Å². The average Bonchev–Trinajstić information content (AvgIpc) is 3.17. The fourth-order valence-corrected chi connectivity index (χ4v) is 9.23. The van der Waals surface area contributed by atoms with Crippen LogP contribution in [0, 0.1) is 0 Å². The standard InChI is InChI=1S/C50H28/c1-3-11-39-32(7-1)25-37-27-45(41-13-5-9-30-19-21-43(39)49(37)47(30)41)34-17-15-29-16-18-35(24-36(29)23-34)46-28-38-26-33-8-2-4-12-40(33)44-22-20-31-10-6-14-42(46)48(31)50(38)44/h1-28H. The van der Waals surface area contributed by atoms with Crippen LogP contribution in [0.5, 0.6) is 0 Å². The van der Waals surface area contributed by atoms with Gasteiger partial charge in [0.15, 0.2) is 0 Å². The first-order valence-electron chi connectivity index (χ1n) is 17.5. The maximum Gasteiger partial charge on any atom is -0.00199 e. The molecule has 0 nitrogen and oxygen atoms in total. The third kappa shape index (κ3) is 3.50. The van der Waals surface area contributed by atoms with Gasteiger partial charge in [-0.1, -0.05) is 133 Å². The van der Waals surface area contributed by atoms with Gasteiger partial charge in [0.05, 0.1) is 0 Å². The monoisotopic (exact) mass is 628 g/mol. The van der Waals surface area contributed by atoms with Crippen molar-refractivity contribution in [3.8, 4) is 22.3 Å². The predicted octanol–water partition coefficient (Wildman–Crippen LogP) is 14.3. The Balaban J connectivity index is 1.11. The fraction of sp³-hybridized carbons (Fsp3) is 0. The number of hydrogen-bond donors (Lipinski definition) is 0. The van der Waals surface area contributed by atoms with E-state index in [2.05, 4.69) is 170 Å². The Bertz CT molecular complexity index is 3140. The molecule has 12 rings (SSSR count). The number of hydrogen-bond acceptors (Lipinski definition) is 0. The lowest BCUT2D eigenvalue weighted by atomic mass is 9.86. The molecule has 0 radical (unpaired) electrons. The van der Waals surface area contributed by atoms with Gasteiger partial charge in [0.2, 0.25) is 0 Å². The minimum absolute atomic E-state index is 1.25. The molecule has 0 aliphatic heterocycles. The van der Waals surface area contributed by atoms with Gasteiger partial charge in [0.25, 0.3) is 0 Å². The van der Waals surface area contributed by atoms with Crippen LogP contribution in [0.15, 0.2) is 170 Å². The Kier molecular flexibility index (Phi) is 5.06. The van der Waals surface area contributed by atoms with Gasteiger partial charge in [-0.25, -0.2) is 0 Å². The molecule has 0 spiro atoms. The van der Waals surface area contributed by atoms with E-state index >= 15 is 0 Å². The highest BCUT2D eigenvalue weighted by Crippen LogP contribution is 2.45. The van der Waals surface area contributed by atoms with E-state index < -0.39 is 0 Å². The fourth-order valence-electron chi connectivity index (χ4n) is 9.23. The van der Waals surface area contributed by atoms with Crippen molar-refractivity contribution in [1.82, 2.24) is 0 Å². The molecule has 0 aliphatic rings. The molecule has 0 heterocycles. The molecule has 0 N–H and O–H groups in total. The van der Waals surface area contributed by atoms with Crippen LogP contribution in [0.1, 0.15) is 0 Å². The Morgan fingerprint density at radius 3 is 1.14 bits per heavy atom. The molecule has 0 heteroatoms. The molecule has 0 amide bonds. The highest BCUT2D eigenvalue weighted by molar-refractivity contribution is 6.32. The van der Waals surface area contributed by atoms with Crippen molar-refractivity contribution < 1.29 is 0 Å². The summed E-state index contributed by atoms with van der Waals surface area (Å²) in [5.74, 6) is 0.